The highest BCUT2D eigenvalue weighted by atomic mass is 31.2. The zero-order valence-electron chi connectivity index (χ0n) is 38.2. The van der Waals surface area contributed by atoms with Crippen molar-refractivity contribution < 1.29 is 67.8 Å². The van der Waals surface area contributed by atoms with Crippen LogP contribution < -0.4 is 0 Å². The SMILES string of the molecule is CC/C=C\C/C=C\C/C=C\C/C=C\C/C=C\C/C=C\CCC(=O)O[C@H](COC(=O)CCCCCCCC1OC1C/C=C\CCCCC)COP(=O)(O)OC1[C@H](O)[C@H](O)C(O)[C@H](O)[C@H]1O. The first kappa shape index (κ1) is 57.1. The minimum atomic E-state index is -5.15. The minimum absolute atomic E-state index is 0.0395. The minimum Gasteiger partial charge on any atom is -0.462 e. The summed E-state index contributed by atoms with van der Waals surface area (Å²) in [4.78, 5) is 35.7. The molecule has 0 bridgehead atoms. The number of carbonyl (C=O) groups excluding carboxylic acids is 2. The Labute approximate surface area is 382 Å². The maximum atomic E-state index is 12.8. The van der Waals surface area contributed by atoms with Gasteiger partial charge < -0.3 is 44.6 Å². The number of rotatable bonds is 36. The van der Waals surface area contributed by atoms with Crippen molar-refractivity contribution in [1.82, 2.24) is 0 Å². The summed E-state index contributed by atoms with van der Waals surface area (Å²) in [6.07, 6.45) is 33.8. The molecular weight excluding hydrogens is 843 g/mol. The van der Waals surface area contributed by atoms with E-state index < -0.39 is 75.7 Å². The van der Waals surface area contributed by atoms with Gasteiger partial charge in [-0.3, -0.25) is 18.6 Å². The van der Waals surface area contributed by atoms with E-state index in [1.165, 1.54) is 19.3 Å². The number of phosphoric acid groups is 1. The van der Waals surface area contributed by atoms with Crippen LogP contribution >= 0.6 is 7.82 Å². The molecule has 2 rings (SSSR count). The Hall–Kier alpha value is -3.01. The lowest BCUT2D eigenvalue weighted by Gasteiger charge is -2.41. The van der Waals surface area contributed by atoms with Gasteiger partial charge in [0.25, 0.3) is 0 Å². The van der Waals surface area contributed by atoms with Crippen molar-refractivity contribution in [3.63, 3.8) is 0 Å². The second kappa shape index (κ2) is 35.2. The molecule has 1 heterocycles. The largest absolute Gasteiger partial charge is 0.472 e. The second-order valence-electron chi connectivity index (χ2n) is 16.3. The van der Waals surface area contributed by atoms with E-state index in [0.29, 0.717) is 31.5 Å². The average molecular weight is 923 g/mol. The van der Waals surface area contributed by atoms with E-state index in [1.807, 2.05) is 18.2 Å². The predicted octanol–water partition coefficient (Wildman–Crippen LogP) is 8.26. The summed E-state index contributed by atoms with van der Waals surface area (Å²) in [5.74, 6) is -1.23. The summed E-state index contributed by atoms with van der Waals surface area (Å²) >= 11 is 0. The van der Waals surface area contributed by atoms with Crippen LogP contribution in [0.25, 0.3) is 0 Å². The molecule has 10 atom stereocenters. The molecule has 0 amide bonds. The predicted molar refractivity (Wildman–Crippen MR) is 248 cm³/mol. The van der Waals surface area contributed by atoms with E-state index in [2.05, 4.69) is 80.7 Å². The van der Waals surface area contributed by atoms with Crippen molar-refractivity contribution in [3.05, 3.63) is 85.1 Å². The first-order valence-corrected chi connectivity index (χ1v) is 25.0. The summed E-state index contributed by atoms with van der Waals surface area (Å²) in [7, 11) is -5.15. The smallest absolute Gasteiger partial charge is 0.462 e. The van der Waals surface area contributed by atoms with Gasteiger partial charge in [0.1, 0.15) is 43.2 Å². The molecule has 14 nitrogen and oxygen atoms in total. The van der Waals surface area contributed by atoms with Crippen LogP contribution in [0.3, 0.4) is 0 Å². The van der Waals surface area contributed by atoms with Gasteiger partial charge >= 0.3 is 19.8 Å². The van der Waals surface area contributed by atoms with Crippen LogP contribution in [-0.2, 0) is 37.4 Å². The summed E-state index contributed by atoms with van der Waals surface area (Å²) in [6.45, 7) is 3.06. The van der Waals surface area contributed by atoms with Crippen LogP contribution in [0.2, 0.25) is 0 Å². The van der Waals surface area contributed by atoms with Crippen LogP contribution in [-0.4, -0.2) is 111 Å². The van der Waals surface area contributed by atoms with E-state index in [9.17, 15) is 44.6 Å². The number of epoxide rings is 1. The molecule has 0 spiro atoms. The number of esters is 2. The van der Waals surface area contributed by atoms with Crippen LogP contribution in [0.4, 0.5) is 0 Å². The molecule has 364 valence electrons. The van der Waals surface area contributed by atoms with Crippen molar-refractivity contribution in [3.8, 4) is 0 Å². The number of phosphoric ester groups is 1. The van der Waals surface area contributed by atoms with E-state index in [4.69, 9.17) is 23.3 Å². The van der Waals surface area contributed by atoms with Crippen molar-refractivity contribution in [2.75, 3.05) is 13.2 Å². The van der Waals surface area contributed by atoms with Gasteiger partial charge in [0.05, 0.1) is 18.8 Å². The number of unbranched alkanes of at least 4 members (excludes halogenated alkanes) is 7. The summed E-state index contributed by atoms with van der Waals surface area (Å²) < 4.78 is 39.2. The molecule has 5 unspecified atom stereocenters. The van der Waals surface area contributed by atoms with E-state index in [-0.39, 0.29) is 12.8 Å². The summed E-state index contributed by atoms with van der Waals surface area (Å²) in [5.41, 5.74) is 0. The van der Waals surface area contributed by atoms with Gasteiger partial charge in [-0.05, 0) is 77.0 Å². The molecule has 64 heavy (non-hydrogen) atoms. The molecule has 6 N–H and O–H groups in total. The molecular formula is C49H79O14P. The van der Waals surface area contributed by atoms with Gasteiger partial charge in [0, 0.05) is 12.8 Å². The fourth-order valence-electron chi connectivity index (χ4n) is 6.79. The van der Waals surface area contributed by atoms with E-state index in [1.54, 1.807) is 0 Å². The number of allylic oxidation sites excluding steroid dienone is 13. The molecule has 1 aliphatic carbocycles. The van der Waals surface area contributed by atoms with Gasteiger partial charge in [-0.25, -0.2) is 4.57 Å². The molecule has 15 heteroatoms. The molecule has 2 aliphatic rings. The summed E-state index contributed by atoms with van der Waals surface area (Å²) in [5, 5.41) is 50.2. The quantitative estimate of drug-likeness (QED) is 0.0115. The maximum absolute atomic E-state index is 12.8. The van der Waals surface area contributed by atoms with Crippen LogP contribution in [0.1, 0.15) is 142 Å². The molecule has 2 fully saturated rings. The number of carbonyl (C=O) groups is 2. The maximum Gasteiger partial charge on any atom is 0.472 e. The molecule has 0 aromatic rings. The molecule has 1 saturated carbocycles. The van der Waals surface area contributed by atoms with Crippen molar-refractivity contribution >= 4 is 19.8 Å². The van der Waals surface area contributed by atoms with Crippen LogP contribution in [0, 0.1) is 0 Å². The third-order valence-corrected chi connectivity index (χ3v) is 11.6. The average Bonchev–Trinajstić information content (AvgIpc) is 4.03. The van der Waals surface area contributed by atoms with Gasteiger partial charge in [-0.15, -0.1) is 0 Å². The molecule has 0 aromatic carbocycles. The number of aliphatic hydroxyl groups excluding tert-OH is 5. The first-order valence-electron chi connectivity index (χ1n) is 23.5. The Morgan fingerprint density at radius 2 is 1.11 bits per heavy atom. The van der Waals surface area contributed by atoms with Gasteiger partial charge in [0.2, 0.25) is 0 Å². The third kappa shape index (κ3) is 26.8. The fourth-order valence-corrected chi connectivity index (χ4v) is 7.76. The topological polar surface area (TPSA) is 222 Å². The molecule has 0 radical (unpaired) electrons. The molecule has 1 saturated heterocycles. The lowest BCUT2D eigenvalue weighted by atomic mass is 9.85. The van der Waals surface area contributed by atoms with Crippen molar-refractivity contribution in [2.45, 2.75) is 197 Å². The zero-order chi connectivity index (χ0) is 46.8. The third-order valence-electron chi connectivity index (χ3n) is 10.7. The van der Waals surface area contributed by atoms with Gasteiger partial charge in [-0.1, -0.05) is 137 Å². The number of hydrogen-bond acceptors (Lipinski definition) is 13. The van der Waals surface area contributed by atoms with Gasteiger partial charge in [0.15, 0.2) is 6.10 Å². The fraction of sp³-hybridized carbons (Fsp3) is 0.673. The van der Waals surface area contributed by atoms with Gasteiger partial charge in [-0.2, -0.15) is 0 Å². The Morgan fingerprint density at radius 1 is 0.578 bits per heavy atom. The highest BCUT2D eigenvalue weighted by Crippen LogP contribution is 2.47. The lowest BCUT2D eigenvalue weighted by Crippen LogP contribution is -2.64. The number of hydrogen-bond donors (Lipinski definition) is 6. The van der Waals surface area contributed by atoms with Crippen LogP contribution in [0.15, 0.2) is 85.1 Å². The van der Waals surface area contributed by atoms with Crippen molar-refractivity contribution in [1.29, 1.82) is 0 Å². The second-order valence-corrected chi connectivity index (χ2v) is 17.7. The Morgan fingerprint density at radius 3 is 1.70 bits per heavy atom. The highest BCUT2D eigenvalue weighted by Gasteiger charge is 2.51. The van der Waals surface area contributed by atoms with Crippen molar-refractivity contribution in [2.24, 2.45) is 0 Å². The normalized spacial score (nSPS) is 25.5. The summed E-state index contributed by atoms with van der Waals surface area (Å²) in [6, 6.07) is 0. The Bertz CT molecular complexity index is 1510. The zero-order valence-corrected chi connectivity index (χ0v) is 39.1. The van der Waals surface area contributed by atoms with E-state index >= 15 is 0 Å². The highest BCUT2D eigenvalue weighted by molar-refractivity contribution is 7.47. The van der Waals surface area contributed by atoms with Crippen LogP contribution in [0.5, 0.6) is 0 Å². The molecule has 0 aromatic heterocycles. The first-order chi connectivity index (χ1) is 30.9. The Balaban J connectivity index is 1.75. The monoisotopic (exact) mass is 923 g/mol. The Kier molecular flexibility index (Phi) is 31.4. The lowest BCUT2D eigenvalue weighted by molar-refractivity contribution is -0.220. The number of ether oxygens (including phenoxy) is 3. The van der Waals surface area contributed by atoms with E-state index in [0.717, 1.165) is 77.0 Å². The molecule has 1 aliphatic heterocycles. The number of aliphatic hydroxyl groups is 5. The standard InChI is InChI=1S/C49H79O14P/c1-3-5-7-9-11-12-13-14-15-16-17-18-19-20-21-22-23-27-32-36-43(51)61-39(38-60-64(57,58)63-49-47(55)45(53)44(52)46(54)48(49)56)37-59-42(50)35-31-28-24-26-30-34-41-40(62-41)33-29-25-10-8-6-4-2/h5,7,11-12,14-15,17-18,20-21,23,25,27,29,39-41,44-49,52-56H,3-4,6,8-10,13,16,19,22,24,26,28,30-38H2,1-2H3,(H,57,58)/b7-5-,12-11-,15-14-,18-17-,21-20-,27-23-,29-25-/t39-,40?,41?,44?,45-,46+,47-,48-,49?/m1/s1.